The van der Waals surface area contributed by atoms with Crippen LogP contribution in [0, 0.1) is 5.41 Å². The number of hydrogen-bond donors (Lipinski definition) is 3. The van der Waals surface area contributed by atoms with Gasteiger partial charge in [-0.2, -0.15) is 29.8 Å². The highest BCUT2D eigenvalue weighted by atomic mass is 32.2. The molecule has 314 valence electrons. The Morgan fingerprint density at radius 2 is 1.50 bits per heavy atom. The van der Waals surface area contributed by atoms with Crippen LogP contribution in [0.5, 0.6) is 0 Å². The Hall–Kier alpha value is -4.24. The van der Waals surface area contributed by atoms with E-state index in [-0.39, 0.29) is 56.9 Å². The number of fused-ring (bicyclic) bond motifs is 2. The number of rotatable bonds is 16. The molecule has 1 aromatic heterocycles. The number of nitrogens with zero attached hydrogens (tertiary/aromatic N) is 2. The van der Waals surface area contributed by atoms with Gasteiger partial charge in [0.15, 0.2) is 12.0 Å². The second-order valence-electron chi connectivity index (χ2n) is 14.5. The quantitative estimate of drug-likeness (QED) is 0.0705. The summed E-state index contributed by atoms with van der Waals surface area (Å²) in [6.07, 6.45) is 8.86. The molecule has 19 heteroatoms. The monoisotopic (exact) mass is 879 g/mol. The molecule has 1 aliphatic carbocycles. The SMILES string of the molecule is CCOC(=O)C1(C(=O)OCC)CC(=CC=C2N(CCCS(=O)(=O)O)c3ccc(S(=O)(=O)O)cc3C2(C)C)C=C(C=Cc2sc3ccccc3[n+]2CCCS(=O)(=O)O)C1. The van der Waals surface area contributed by atoms with Crippen molar-refractivity contribution in [2.75, 3.05) is 36.2 Å². The maximum absolute atomic E-state index is 13.8. The fourth-order valence-electron chi connectivity index (χ4n) is 7.36. The number of aryl methyl sites for hydroxylation is 1. The number of esters is 2. The van der Waals surface area contributed by atoms with E-state index in [0.717, 1.165) is 15.2 Å². The fourth-order valence-corrected chi connectivity index (χ4v) is 9.95. The standard InChI is InChI=1S/C39H46N2O13S4/c1-5-53-36(42)39(37(43)54-6-2)25-27(23-28(26-39)14-18-35-41(20-10-22-57(47,48)49)32-11-7-8-12-33(32)55-35)13-17-34-38(3,4)30-24-29(58(50,51)52)15-16-31(30)40(34)19-9-21-56(44,45)46/h7-8,11-18,23-24H,5-6,9-10,19-22,25-26H2,1-4H3,(H2-,44,45,46,47,48,49,50,51,52)/p+1. The van der Waals surface area contributed by atoms with Crippen molar-refractivity contribution in [3.8, 4) is 0 Å². The maximum atomic E-state index is 13.8. The molecule has 0 atom stereocenters. The lowest BCUT2D eigenvalue weighted by Gasteiger charge is -2.33. The molecule has 1 aliphatic heterocycles. The van der Waals surface area contributed by atoms with Gasteiger partial charge in [0.05, 0.1) is 29.6 Å². The van der Waals surface area contributed by atoms with Gasteiger partial charge >= 0.3 is 11.9 Å². The van der Waals surface area contributed by atoms with Crippen LogP contribution in [-0.2, 0) is 61.4 Å². The minimum Gasteiger partial charge on any atom is -0.465 e. The van der Waals surface area contributed by atoms with Crippen LogP contribution < -0.4 is 9.47 Å². The topological polar surface area (TPSA) is 223 Å². The van der Waals surface area contributed by atoms with Crippen LogP contribution in [0.4, 0.5) is 5.69 Å². The third-order valence-corrected chi connectivity index (χ3v) is 13.6. The summed E-state index contributed by atoms with van der Waals surface area (Å²) in [7, 11) is -13.0. The van der Waals surface area contributed by atoms with Crippen molar-refractivity contribution in [1.82, 2.24) is 0 Å². The zero-order valence-electron chi connectivity index (χ0n) is 32.5. The van der Waals surface area contributed by atoms with Crippen molar-refractivity contribution in [2.24, 2.45) is 5.41 Å². The molecule has 5 rings (SSSR count). The number of ether oxygens (including phenoxy) is 2. The largest absolute Gasteiger partial charge is 0.465 e. The lowest BCUT2D eigenvalue weighted by Crippen LogP contribution is -2.44. The van der Waals surface area contributed by atoms with Crippen molar-refractivity contribution in [1.29, 1.82) is 0 Å². The Kier molecular flexibility index (Phi) is 13.6. The number of hydrogen-bond acceptors (Lipinski definition) is 12. The number of allylic oxidation sites excluding steroid dienone is 7. The van der Waals surface area contributed by atoms with Crippen LogP contribution in [0.3, 0.4) is 0 Å². The van der Waals surface area contributed by atoms with E-state index in [2.05, 4.69) is 0 Å². The zero-order valence-corrected chi connectivity index (χ0v) is 35.7. The van der Waals surface area contributed by atoms with E-state index in [1.807, 2.05) is 54.8 Å². The van der Waals surface area contributed by atoms with Gasteiger partial charge in [-0.1, -0.05) is 55.5 Å². The van der Waals surface area contributed by atoms with E-state index in [1.165, 1.54) is 29.5 Å². The summed E-state index contributed by atoms with van der Waals surface area (Å²) in [5, 5.41) is 0.740. The van der Waals surface area contributed by atoms with E-state index in [4.69, 9.17) is 9.47 Å². The molecule has 0 amide bonds. The minimum absolute atomic E-state index is 0.000164. The van der Waals surface area contributed by atoms with Gasteiger partial charge in [-0.05, 0) is 80.2 Å². The first-order valence-corrected chi connectivity index (χ1v) is 23.9. The van der Waals surface area contributed by atoms with Crippen molar-refractivity contribution in [3.63, 3.8) is 0 Å². The number of aromatic nitrogens is 1. The average Bonchev–Trinajstić information content (AvgIpc) is 3.58. The molecular weight excluding hydrogens is 833 g/mol. The van der Waals surface area contributed by atoms with E-state index < -0.39 is 64.6 Å². The molecule has 0 spiro atoms. The van der Waals surface area contributed by atoms with Crippen LogP contribution >= 0.6 is 11.3 Å². The molecule has 3 aromatic rings. The van der Waals surface area contributed by atoms with Crippen LogP contribution in [0.15, 0.2) is 88.5 Å². The van der Waals surface area contributed by atoms with Crippen molar-refractivity contribution in [2.45, 2.75) is 70.2 Å². The molecule has 2 aliphatic rings. The Bertz CT molecular complexity index is 2530. The van der Waals surface area contributed by atoms with E-state index in [0.29, 0.717) is 28.1 Å². The number of anilines is 1. The maximum Gasteiger partial charge on any atom is 0.324 e. The van der Waals surface area contributed by atoms with Crippen LogP contribution in [0.2, 0.25) is 0 Å². The number of thiazole rings is 1. The first-order chi connectivity index (χ1) is 27.1. The Morgan fingerprint density at radius 1 is 0.862 bits per heavy atom. The van der Waals surface area contributed by atoms with Gasteiger partial charge in [-0.15, -0.1) is 0 Å². The first kappa shape index (κ1) is 44.9. The van der Waals surface area contributed by atoms with Crippen molar-refractivity contribution in [3.05, 3.63) is 94.2 Å². The molecule has 58 heavy (non-hydrogen) atoms. The third kappa shape index (κ3) is 10.3. The molecule has 15 nitrogen and oxygen atoms in total. The first-order valence-electron chi connectivity index (χ1n) is 18.5. The van der Waals surface area contributed by atoms with Gasteiger partial charge in [-0.25, -0.2) is 0 Å². The second kappa shape index (κ2) is 17.5. The summed E-state index contributed by atoms with van der Waals surface area (Å²) >= 11 is 1.45. The van der Waals surface area contributed by atoms with E-state index >= 15 is 0 Å². The normalized spacial score (nSPS) is 18.2. The molecule has 0 saturated heterocycles. The highest BCUT2D eigenvalue weighted by molar-refractivity contribution is 7.86. The Labute approximate surface area is 342 Å². The van der Waals surface area contributed by atoms with Crippen molar-refractivity contribution < 1.29 is 62.5 Å². The highest BCUT2D eigenvalue weighted by Gasteiger charge is 2.51. The summed E-state index contributed by atoms with van der Waals surface area (Å²) in [4.78, 5) is 29.1. The predicted octanol–water partition coefficient (Wildman–Crippen LogP) is 5.45. The zero-order chi connectivity index (χ0) is 42.7. The molecule has 0 bridgehead atoms. The Morgan fingerprint density at radius 3 is 2.12 bits per heavy atom. The average molecular weight is 880 g/mol. The summed E-state index contributed by atoms with van der Waals surface area (Å²) in [6.45, 7) is 7.30. The summed E-state index contributed by atoms with van der Waals surface area (Å²) in [5.74, 6) is -2.50. The summed E-state index contributed by atoms with van der Waals surface area (Å²) in [6, 6.07) is 11.7. The van der Waals surface area contributed by atoms with Crippen LogP contribution in [-0.4, -0.2) is 82.1 Å². The second-order valence-corrected chi connectivity index (χ2v) is 20.1. The number of carbonyl (C=O) groups is 2. The molecular formula is C39H47N2O13S4+. The van der Waals surface area contributed by atoms with Gasteiger partial charge in [-0.3, -0.25) is 23.2 Å². The van der Waals surface area contributed by atoms with Gasteiger partial charge < -0.3 is 14.4 Å². The van der Waals surface area contributed by atoms with Gasteiger partial charge in [0.2, 0.25) is 5.52 Å². The lowest BCUT2D eigenvalue weighted by atomic mass is 9.71. The third-order valence-electron chi connectivity index (χ3n) is 9.98. The highest BCUT2D eigenvalue weighted by Crippen LogP contribution is 2.49. The molecule has 0 unspecified atom stereocenters. The van der Waals surface area contributed by atoms with Gasteiger partial charge in [0.25, 0.3) is 35.4 Å². The van der Waals surface area contributed by atoms with Crippen molar-refractivity contribution >= 4 is 75.6 Å². The lowest BCUT2D eigenvalue weighted by molar-refractivity contribution is -0.668. The predicted molar refractivity (Wildman–Crippen MR) is 219 cm³/mol. The molecule has 0 radical (unpaired) electrons. The van der Waals surface area contributed by atoms with Gasteiger partial charge in [0.1, 0.15) is 4.70 Å². The molecule has 2 aromatic carbocycles. The number of benzene rings is 2. The molecule has 2 heterocycles. The smallest absolute Gasteiger partial charge is 0.324 e. The number of carbonyl (C=O) groups excluding carboxylic acids is 2. The van der Waals surface area contributed by atoms with E-state index in [9.17, 15) is 48.5 Å². The molecule has 0 saturated carbocycles. The van der Waals surface area contributed by atoms with Crippen LogP contribution in [0.1, 0.15) is 63.9 Å². The van der Waals surface area contributed by atoms with Crippen LogP contribution in [0.25, 0.3) is 16.3 Å². The van der Waals surface area contributed by atoms with Gasteiger partial charge in [0, 0.05) is 41.9 Å². The summed E-state index contributed by atoms with van der Waals surface area (Å²) in [5.41, 5.74) is 0.951. The molecule has 0 fully saturated rings. The summed E-state index contributed by atoms with van der Waals surface area (Å²) < 4.78 is 113. The fraction of sp³-hybridized carbons (Fsp3) is 0.410. The number of para-hydroxylation sites is 1. The Balaban J connectivity index is 1.64. The molecule has 3 N–H and O–H groups in total. The minimum atomic E-state index is -4.57. The van der Waals surface area contributed by atoms with E-state index in [1.54, 1.807) is 37.0 Å².